The van der Waals surface area contributed by atoms with Crippen LogP contribution in [-0.2, 0) is 9.53 Å². The molecule has 0 aliphatic heterocycles. The van der Waals surface area contributed by atoms with E-state index >= 15 is 0 Å². The number of carbonyl (C=O) groups excluding carboxylic acids is 2. The smallest absolute Gasteiger partial charge is 0.330 e. The van der Waals surface area contributed by atoms with E-state index in [4.69, 9.17) is 14.6 Å². The van der Waals surface area contributed by atoms with E-state index in [1.54, 1.807) is 12.1 Å². The van der Waals surface area contributed by atoms with E-state index in [1.807, 2.05) is 0 Å². The molecule has 1 unspecified atom stereocenters. The summed E-state index contributed by atoms with van der Waals surface area (Å²) in [5.74, 6) is -0.521. The lowest BCUT2D eigenvalue weighted by Crippen LogP contribution is -2.44. The van der Waals surface area contributed by atoms with Gasteiger partial charge in [-0.25, -0.2) is 4.79 Å². The zero-order valence-electron chi connectivity index (χ0n) is 11.5. The monoisotopic (exact) mass is 283 g/mol. The molecule has 0 aliphatic rings. The maximum atomic E-state index is 12.1. The summed E-state index contributed by atoms with van der Waals surface area (Å²) in [6.45, 7) is -0.565. The molecule has 2 N–H and O–H groups in total. The zero-order chi connectivity index (χ0) is 15.1. The van der Waals surface area contributed by atoms with Crippen LogP contribution in [0.2, 0.25) is 0 Å². The first-order valence-electron chi connectivity index (χ1n) is 5.79. The first-order valence-corrected chi connectivity index (χ1v) is 5.79. The summed E-state index contributed by atoms with van der Waals surface area (Å²) in [7, 11) is 4.06. The Morgan fingerprint density at radius 2 is 1.95 bits per heavy atom. The van der Waals surface area contributed by atoms with Gasteiger partial charge in [0.1, 0.15) is 11.5 Å². The van der Waals surface area contributed by atoms with Crippen LogP contribution in [0, 0.1) is 0 Å². The molecule has 20 heavy (non-hydrogen) atoms. The lowest BCUT2D eigenvalue weighted by Gasteiger charge is -2.15. The van der Waals surface area contributed by atoms with Crippen molar-refractivity contribution in [2.45, 2.75) is 6.04 Å². The summed E-state index contributed by atoms with van der Waals surface area (Å²) >= 11 is 0. The number of hydrogen-bond acceptors (Lipinski definition) is 6. The van der Waals surface area contributed by atoms with Gasteiger partial charge in [0, 0.05) is 0 Å². The highest BCUT2D eigenvalue weighted by atomic mass is 16.5. The maximum Gasteiger partial charge on any atom is 0.330 e. The van der Waals surface area contributed by atoms with Crippen LogP contribution in [0.4, 0.5) is 0 Å². The highest BCUT2D eigenvalue weighted by Gasteiger charge is 2.23. The third-order valence-electron chi connectivity index (χ3n) is 2.62. The fourth-order valence-electron chi connectivity index (χ4n) is 1.55. The topological polar surface area (TPSA) is 94.1 Å². The molecule has 1 atom stereocenters. The predicted octanol–water partition coefficient (Wildman–Crippen LogP) is -0.0325. The summed E-state index contributed by atoms with van der Waals surface area (Å²) in [4.78, 5) is 23.5. The van der Waals surface area contributed by atoms with Gasteiger partial charge in [-0.1, -0.05) is 0 Å². The second-order valence-electron chi connectivity index (χ2n) is 3.80. The Kier molecular flexibility index (Phi) is 5.79. The van der Waals surface area contributed by atoms with Gasteiger partial charge >= 0.3 is 5.97 Å². The van der Waals surface area contributed by atoms with Crippen LogP contribution in [0.15, 0.2) is 18.2 Å². The standard InChI is InChI=1S/C13H17NO6/c1-18-8-4-5-11(19-2)9(6-8)12(16)14-10(7-15)13(17)20-3/h4-6,10,15H,7H2,1-3H3,(H,14,16). The molecular formula is C13H17NO6. The minimum absolute atomic E-state index is 0.189. The molecule has 1 rings (SSSR count). The maximum absolute atomic E-state index is 12.1. The van der Waals surface area contributed by atoms with Crippen molar-refractivity contribution in [3.05, 3.63) is 23.8 Å². The second-order valence-corrected chi connectivity index (χ2v) is 3.80. The predicted molar refractivity (Wildman–Crippen MR) is 69.9 cm³/mol. The largest absolute Gasteiger partial charge is 0.497 e. The minimum atomic E-state index is -1.14. The molecule has 0 saturated carbocycles. The van der Waals surface area contributed by atoms with Gasteiger partial charge in [-0.15, -0.1) is 0 Å². The fraction of sp³-hybridized carbons (Fsp3) is 0.385. The lowest BCUT2D eigenvalue weighted by molar-refractivity contribution is -0.143. The highest BCUT2D eigenvalue weighted by Crippen LogP contribution is 2.23. The van der Waals surface area contributed by atoms with Gasteiger partial charge in [-0.05, 0) is 18.2 Å². The van der Waals surface area contributed by atoms with E-state index in [2.05, 4.69) is 10.1 Å². The third-order valence-corrected chi connectivity index (χ3v) is 2.62. The lowest BCUT2D eigenvalue weighted by atomic mass is 10.1. The number of hydrogen-bond donors (Lipinski definition) is 2. The van der Waals surface area contributed by atoms with Gasteiger partial charge in [0.2, 0.25) is 0 Å². The summed E-state index contributed by atoms with van der Waals surface area (Å²) in [5, 5.41) is 11.4. The molecule has 0 aliphatic carbocycles. The average molecular weight is 283 g/mol. The van der Waals surface area contributed by atoms with E-state index in [1.165, 1.54) is 27.4 Å². The quantitative estimate of drug-likeness (QED) is 0.712. The van der Waals surface area contributed by atoms with E-state index in [-0.39, 0.29) is 5.56 Å². The number of benzene rings is 1. The van der Waals surface area contributed by atoms with E-state index < -0.39 is 24.5 Å². The molecule has 1 aromatic carbocycles. The Hall–Kier alpha value is -2.28. The zero-order valence-corrected chi connectivity index (χ0v) is 11.5. The average Bonchev–Trinajstić information content (AvgIpc) is 2.50. The van der Waals surface area contributed by atoms with Gasteiger partial charge < -0.3 is 24.6 Å². The first-order chi connectivity index (χ1) is 9.57. The van der Waals surface area contributed by atoms with Crippen LogP contribution < -0.4 is 14.8 Å². The van der Waals surface area contributed by atoms with Crippen molar-refractivity contribution in [2.24, 2.45) is 0 Å². The summed E-state index contributed by atoms with van der Waals surface area (Å²) in [5.41, 5.74) is 0.189. The number of methoxy groups -OCH3 is 3. The van der Waals surface area contributed by atoms with E-state index in [0.717, 1.165) is 0 Å². The summed E-state index contributed by atoms with van der Waals surface area (Å²) in [6.07, 6.45) is 0. The first kappa shape index (κ1) is 15.8. The van der Waals surface area contributed by atoms with Crippen LogP contribution in [0.5, 0.6) is 11.5 Å². The van der Waals surface area contributed by atoms with Crippen molar-refractivity contribution >= 4 is 11.9 Å². The molecular weight excluding hydrogens is 266 g/mol. The number of ether oxygens (including phenoxy) is 3. The number of amides is 1. The highest BCUT2D eigenvalue weighted by molar-refractivity contribution is 5.99. The summed E-state index contributed by atoms with van der Waals surface area (Å²) in [6, 6.07) is 3.54. The fourth-order valence-corrected chi connectivity index (χ4v) is 1.55. The number of esters is 1. The molecule has 0 fully saturated rings. The second kappa shape index (κ2) is 7.34. The molecule has 0 saturated heterocycles. The van der Waals surface area contributed by atoms with E-state index in [9.17, 15) is 9.59 Å². The molecule has 1 aromatic rings. The Balaban J connectivity index is 2.98. The molecule has 0 aromatic heterocycles. The van der Waals surface area contributed by atoms with Crippen LogP contribution in [0.1, 0.15) is 10.4 Å². The van der Waals surface area contributed by atoms with Crippen molar-refractivity contribution in [1.82, 2.24) is 5.32 Å². The normalized spacial score (nSPS) is 11.4. The Morgan fingerprint density at radius 1 is 1.25 bits per heavy atom. The SMILES string of the molecule is COC(=O)C(CO)NC(=O)c1cc(OC)ccc1OC. The van der Waals surface area contributed by atoms with Crippen LogP contribution in [0.25, 0.3) is 0 Å². The van der Waals surface area contributed by atoms with Gasteiger partial charge in [0.15, 0.2) is 6.04 Å². The van der Waals surface area contributed by atoms with Gasteiger partial charge in [-0.2, -0.15) is 0 Å². The van der Waals surface area contributed by atoms with Gasteiger partial charge in [0.05, 0.1) is 33.5 Å². The van der Waals surface area contributed by atoms with Crippen LogP contribution in [0.3, 0.4) is 0 Å². The molecule has 1 amide bonds. The summed E-state index contributed by atoms with van der Waals surface area (Å²) < 4.78 is 14.6. The molecule has 0 spiro atoms. The Bertz CT molecular complexity index is 488. The van der Waals surface area contributed by atoms with Crippen molar-refractivity contribution in [1.29, 1.82) is 0 Å². The minimum Gasteiger partial charge on any atom is -0.497 e. The molecule has 110 valence electrons. The van der Waals surface area contributed by atoms with Crippen molar-refractivity contribution in [2.75, 3.05) is 27.9 Å². The van der Waals surface area contributed by atoms with Crippen molar-refractivity contribution in [3.8, 4) is 11.5 Å². The number of rotatable bonds is 6. The Labute approximate surface area is 116 Å². The molecule has 0 bridgehead atoms. The van der Waals surface area contributed by atoms with Gasteiger partial charge in [0.25, 0.3) is 5.91 Å². The Morgan fingerprint density at radius 3 is 2.45 bits per heavy atom. The molecule has 7 heteroatoms. The molecule has 0 radical (unpaired) electrons. The molecule has 0 heterocycles. The van der Waals surface area contributed by atoms with Crippen LogP contribution in [-0.4, -0.2) is 51.0 Å². The third kappa shape index (κ3) is 3.61. The number of aliphatic hydroxyl groups is 1. The molecule has 7 nitrogen and oxygen atoms in total. The van der Waals surface area contributed by atoms with Gasteiger partial charge in [-0.3, -0.25) is 4.79 Å². The number of carbonyl (C=O) groups is 2. The van der Waals surface area contributed by atoms with Crippen LogP contribution >= 0.6 is 0 Å². The van der Waals surface area contributed by atoms with Crippen molar-refractivity contribution < 1.29 is 28.9 Å². The van der Waals surface area contributed by atoms with Crippen molar-refractivity contribution in [3.63, 3.8) is 0 Å². The van der Waals surface area contributed by atoms with E-state index in [0.29, 0.717) is 11.5 Å². The number of aliphatic hydroxyl groups excluding tert-OH is 1. The number of nitrogens with one attached hydrogen (secondary N) is 1.